The lowest BCUT2D eigenvalue weighted by Gasteiger charge is -2.23. The van der Waals surface area contributed by atoms with E-state index >= 15 is 0 Å². The van der Waals surface area contributed by atoms with Crippen LogP contribution in [0, 0.1) is 20.8 Å². The van der Waals surface area contributed by atoms with E-state index in [2.05, 4.69) is 5.32 Å². The fourth-order valence-corrected chi connectivity index (χ4v) is 3.07. The molecule has 0 aliphatic carbocycles. The third-order valence-electron chi connectivity index (χ3n) is 5.06. The molecule has 158 valence electrons. The largest absolute Gasteiger partial charge is 0.478 e. The van der Waals surface area contributed by atoms with E-state index in [0.29, 0.717) is 16.9 Å². The Morgan fingerprint density at radius 3 is 2.00 bits per heavy atom. The van der Waals surface area contributed by atoms with Crippen molar-refractivity contribution in [2.24, 2.45) is 0 Å². The van der Waals surface area contributed by atoms with Crippen molar-refractivity contribution < 1.29 is 19.5 Å². The lowest BCUT2D eigenvalue weighted by Crippen LogP contribution is -2.38. The maximum Gasteiger partial charge on any atom is 0.335 e. The average molecular weight is 416 g/mol. The van der Waals surface area contributed by atoms with Gasteiger partial charge in [0, 0.05) is 16.9 Å². The van der Waals surface area contributed by atoms with Crippen LogP contribution in [0.4, 0.5) is 11.4 Å². The third kappa shape index (κ3) is 5.36. The van der Waals surface area contributed by atoms with Crippen molar-refractivity contribution in [3.63, 3.8) is 0 Å². The van der Waals surface area contributed by atoms with Gasteiger partial charge in [0.15, 0.2) is 0 Å². The van der Waals surface area contributed by atoms with Crippen molar-refractivity contribution in [3.05, 3.63) is 94.5 Å². The van der Waals surface area contributed by atoms with E-state index in [1.807, 2.05) is 51.1 Å². The molecule has 0 aromatic heterocycles. The summed E-state index contributed by atoms with van der Waals surface area (Å²) in [6, 6.07) is 18.7. The van der Waals surface area contributed by atoms with E-state index in [4.69, 9.17) is 5.11 Å². The highest BCUT2D eigenvalue weighted by Gasteiger charge is 2.21. The van der Waals surface area contributed by atoms with E-state index in [1.54, 1.807) is 12.1 Å². The summed E-state index contributed by atoms with van der Waals surface area (Å²) in [5.41, 5.74) is 4.85. The molecule has 0 aliphatic heterocycles. The molecule has 0 aliphatic rings. The number of carbonyl (C=O) groups is 3. The Labute approximate surface area is 181 Å². The van der Waals surface area contributed by atoms with Crippen LogP contribution >= 0.6 is 0 Å². The second kappa shape index (κ2) is 9.26. The lowest BCUT2D eigenvalue weighted by atomic mass is 10.1. The molecular weight excluding hydrogens is 392 g/mol. The number of nitrogens with one attached hydrogen (secondary N) is 1. The molecule has 0 unspecified atom stereocenters. The van der Waals surface area contributed by atoms with Crippen LogP contribution < -0.4 is 10.2 Å². The van der Waals surface area contributed by atoms with Crippen LogP contribution in [0.5, 0.6) is 0 Å². The number of aryl methyl sites for hydroxylation is 3. The van der Waals surface area contributed by atoms with E-state index in [-0.39, 0.29) is 23.9 Å². The first kappa shape index (κ1) is 21.8. The molecule has 0 saturated carbocycles. The summed E-state index contributed by atoms with van der Waals surface area (Å²) in [6.07, 6.45) is 0. The van der Waals surface area contributed by atoms with Gasteiger partial charge >= 0.3 is 5.97 Å². The quantitative estimate of drug-likeness (QED) is 0.615. The fraction of sp³-hybridized carbons (Fsp3) is 0.160. The normalized spacial score (nSPS) is 10.4. The van der Waals surface area contributed by atoms with Gasteiger partial charge in [-0.1, -0.05) is 23.8 Å². The standard InChI is InChI=1S/C25H24N2O4/c1-16-4-7-19(8-5-16)24(29)27(22-13-6-17(2)18(3)14-22)15-23(28)26-21-11-9-20(10-12-21)25(30)31/h4-14H,15H2,1-3H3,(H,26,28)(H,30,31). The molecule has 6 nitrogen and oxygen atoms in total. The van der Waals surface area contributed by atoms with Gasteiger partial charge in [0.2, 0.25) is 5.91 Å². The first-order valence-electron chi connectivity index (χ1n) is 9.83. The van der Waals surface area contributed by atoms with Crippen molar-refractivity contribution in [2.45, 2.75) is 20.8 Å². The van der Waals surface area contributed by atoms with E-state index in [9.17, 15) is 14.4 Å². The summed E-state index contributed by atoms with van der Waals surface area (Å²) < 4.78 is 0. The Hall–Kier alpha value is -3.93. The second-order valence-corrected chi connectivity index (χ2v) is 7.46. The smallest absolute Gasteiger partial charge is 0.335 e. The molecule has 0 fully saturated rings. The van der Waals surface area contributed by atoms with Gasteiger partial charge in [-0.3, -0.25) is 14.5 Å². The number of carboxylic acids is 1. The van der Waals surface area contributed by atoms with Crippen LogP contribution in [0.25, 0.3) is 0 Å². The van der Waals surface area contributed by atoms with Crippen LogP contribution in [0.1, 0.15) is 37.4 Å². The molecule has 0 heterocycles. The van der Waals surface area contributed by atoms with Crippen molar-refractivity contribution in [1.82, 2.24) is 0 Å². The maximum atomic E-state index is 13.2. The van der Waals surface area contributed by atoms with Gasteiger partial charge < -0.3 is 10.4 Å². The number of rotatable bonds is 6. The monoisotopic (exact) mass is 416 g/mol. The molecule has 2 N–H and O–H groups in total. The van der Waals surface area contributed by atoms with E-state index in [1.165, 1.54) is 29.2 Å². The highest BCUT2D eigenvalue weighted by Crippen LogP contribution is 2.21. The summed E-state index contributed by atoms with van der Waals surface area (Å²) in [5, 5.41) is 11.7. The Kier molecular flexibility index (Phi) is 6.50. The van der Waals surface area contributed by atoms with E-state index in [0.717, 1.165) is 16.7 Å². The number of carboxylic acid groups (broad SMARTS) is 1. The number of anilines is 2. The molecule has 6 heteroatoms. The number of nitrogens with zero attached hydrogens (tertiary/aromatic N) is 1. The zero-order chi connectivity index (χ0) is 22.5. The molecular formula is C25H24N2O4. The summed E-state index contributed by atoms with van der Waals surface area (Å²) >= 11 is 0. The minimum absolute atomic E-state index is 0.129. The summed E-state index contributed by atoms with van der Waals surface area (Å²) in [4.78, 5) is 38.4. The zero-order valence-corrected chi connectivity index (χ0v) is 17.7. The summed E-state index contributed by atoms with van der Waals surface area (Å²) in [6.45, 7) is 5.70. The summed E-state index contributed by atoms with van der Waals surface area (Å²) in [5.74, 6) is -1.70. The minimum atomic E-state index is -1.04. The average Bonchev–Trinajstić information content (AvgIpc) is 2.74. The Bertz CT molecular complexity index is 1120. The molecule has 31 heavy (non-hydrogen) atoms. The van der Waals surface area contributed by atoms with Gasteiger partial charge in [-0.2, -0.15) is 0 Å². The molecule has 0 radical (unpaired) electrons. The number of benzene rings is 3. The predicted octanol–water partition coefficient (Wildman–Crippen LogP) is 4.60. The van der Waals surface area contributed by atoms with Gasteiger partial charge in [0.1, 0.15) is 6.54 Å². The van der Waals surface area contributed by atoms with Crippen molar-refractivity contribution in [1.29, 1.82) is 0 Å². The molecule has 0 saturated heterocycles. The number of carbonyl (C=O) groups excluding carboxylic acids is 2. The first-order chi connectivity index (χ1) is 14.7. The molecule has 3 aromatic rings. The molecule has 0 atom stereocenters. The Morgan fingerprint density at radius 2 is 1.42 bits per heavy atom. The van der Waals surface area contributed by atoms with Crippen LogP contribution in [-0.2, 0) is 4.79 Å². The first-order valence-corrected chi connectivity index (χ1v) is 9.83. The minimum Gasteiger partial charge on any atom is -0.478 e. The Morgan fingerprint density at radius 1 is 0.806 bits per heavy atom. The molecule has 3 aromatic carbocycles. The Balaban J connectivity index is 1.85. The van der Waals surface area contributed by atoms with Crippen molar-refractivity contribution in [2.75, 3.05) is 16.8 Å². The topological polar surface area (TPSA) is 86.7 Å². The van der Waals surface area contributed by atoms with Gasteiger partial charge in [0.05, 0.1) is 5.56 Å². The van der Waals surface area contributed by atoms with E-state index < -0.39 is 5.97 Å². The van der Waals surface area contributed by atoms with Crippen LogP contribution in [0.2, 0.25) is 0 Å². The highest BCUT2D eigenvalue weighted by molar-refractivity contribution is 6.10. The third-order valence-corrected chi connectivity index (χ3v) is 5.06. The fourth-order valence-electron chi connectivity index (χ4n) is 3.07. The second-order valence-electron chi connectivity index (χ2n) is 7.46. The van der Waals surface area contributed by atoms with Crippen LogP contribution in [0.3, 0.4) is 0 Å². The van der Waals surface area contributed by atoms with Crippen molar-refractivity contribution in [3.8, 4) is 0 Å². The van der Waals surface area contributed by atoms with Crippen LogP contribution in [0.15, 0.2) is 66.7 Å². The summed E-state index contributed by atoms with van der Waals surface area (Å²) in [7, 11) is 0. The number of hydrogen-bond acceptors (Lipinski definition) is 3. The zero-order valence-electron chi connectivity index (χ0n) is 17.7. The maximum absolute atomic E-state index is 13.2. The molecule has 0 spiro atoms. The van der Waals surface area contributed by atoms with Gasteiger partial charge in [-0.25, -0.2) is 4.79 Å². The molecule has 2 amide bonds. The van der Waals surface area contributed by atoms with Gasteiger partial charge in [-0.05, 0) is 80.4 Å². The lowest BCUT2D eigenvalue weighted by molar-refractivity contribution is -0.114. The van der Waals surface area contributed by atoms with Crippen LogP contribution in [-0.4, -0.2) is 29.4 Å². The number of amides is 2. The number of aromatic carboxylic acids is 1. The SMILES string of the molecule is Cc1ccc(C(=O)N(CC(=O)Nc2ccc(C(=O)O)cc2)c2ccc(C)c(C)c2)cc1. The molecule has 3 rings (SSSR count). The molecule has 0 bridgehead atoms. The predicted molar refractivity (Wildman–Crippen MR) is 121 cm³/mol. The van der Waals surface area contributed by atoms with Gasteiger partial charge in [-0.15, -0.1) is 0 Å². The highest BCUT2D eigenvalue weighted by atomic mass is 16.4. The van der Waals surface area contributed by atoms with Gasteiger partial charge in [0.25, 0.3) is 5.91 Å². The number of hydrogen-bond donors (Lipinski definition) is 2. The van der Waals surface area contributed by atoms with Crippen molar-refractivity contribution >= 4 is 29.2 Å².